The number of hydrogen-bond acceptors (Lipinski definition) is 3. The molecule has 0 saturated heterocycles. The number of rotatable bonds is 3. The second-order valence-corrected chi connectivity index (χ2v) is 5.82. The Morgan fingerprint density at radius 1 is 1.25 bits per heavy atom. The van der Waals surface area contributed by atoms with Crippen molar-refractivity contribution in [2.45, 2.75) is 19.6 Å². The van der Waals surface area contributed by atoms with E-state index >= 15 is 0 Å². The van der Waals surface area contributed by atoms with Crippen molar-refractivity contribution < 1.29 is 9.90 Å². The minimum absolute atomic E-state index is 0.354. The molecule has 5 heteroatoms. The Hall–Kier alpha value is -1.72. The quantitative estimate of drug-likeness (QED) is 0.938. The van der Waals surface area contributed by atoms with Crippen LogP contribution >= 0.6 is 15.9 Å². The zero-order valence-corrected chi connectivity index (χ0v) is 12.3. The van der Waals surface area contributed by atoms with Crippen molar-refractivity contribution in [3.8, 4) is 0 Å². The molecule has 0 saturated carbocycles. The highest BCUT2D eigenvalue weighted by Crippen LogP contribution is 2.25. The normalized spacial score (nSPS) is 14.2. The van der Waals surface area contributed by atoms with Gasteiger partial charge >= 0.3 is 5.97 Å². The van der Waals surface area contributed by atoms with Crippen molar-refractivity contribution in [2.75, 3.05) is 0 Å². The molecule has 1 N–H and O–H groups in total. The number of aromatic carboxylic acids is 1. The summed E-state index contributed by atoms with van der Waals surface area (Å²) in [5.74, 6) is -0.874. The molecular formula is C15H13BrN2O2. The zero-order valence-electron chi connectivity index (χ0n) is 10.7. The summed E-state index contributed by atoms with van der Waals surface area (Å²) in [6, 6.07) is 9.33. The summed E-state index contributed by atoms with van der Waals surface area (Å²) in [5.41, 5.74) is 3.67. The molecule has 0 aliphatic carbocycles. The van der Waals surface area contributed by atoms with Crippen LogP contribution in [0, 0.1) is 0 Å². The third kappa shape index (κ3) is 2.73. The highest BCUT2D eigenvalue weighted by Gasteiger charge is 2.20. The lowest BCUT2D eigenvalue weighted by Gasteiger charge is -2.13. The Labute approximate surface area is 125 Å². The van der Waals surface area contributed by atoms with Gasteiger partial charge in [0.15, 0.2) is 0 Å². The predicted octanol–water partition coefficient (Wildman–Crippen LogP) is 3.06. The van der Waals surface area contributed by atoms with E-state index in [0.29, 0.717) is 5.56 Å². The van der Waals surface area contributed by atoms with Gasteiger partial charge in [0.05, 0.1) is 11.3 Å². The van der Waals surface area contributed by atoms with Gasteiger partial charge in [-0.3, -0.25) is 9.88 Å². The van der Waals surface area contributed by atoms with Crippen LogP contribution in [-0.4, -0.2) is 21.0 Å². The van der Waals surface area contributed by atoms with E-state index in [4.69, 9.17) is 5.11 Å². The first-order chi connectivity index (χ1) is 9.61. The van der Waals surface area contributed by atoms with Gasteiger partial charge in [0.2, 0.25) is 0 Å². The lowest BCUT2D eigenvalue weighted by Crippen LogP contribution is -2.16. The molecule has 1 aromatic heterocycles. The van der Waals surface area contributed by atoms with Crippen molar-refractivity contribution >= 4 is 21.9 Å². The standard InChI is InChI=1S/C15H13BrN2O2/c16-13-3-4-14(17-6-13)9-18-7-11-2-1-10(15(19)20)5-12(11)8-18/h1-6H,7-9H2,(H,19,20). The third-order valence-corrected chi connectivity index (χ3v) is 3.88. The van der Waals surface area contributed by atoms with Gasteiger partial charge in [0.1, 0.15) is 0 Å². The maximum atomic E-state index is 11.0. The van der Waals surface area contributed by atoms with Crippen LogP contribution in [0.25, 0.3) is 0 Å². The number of carboxylic acid groups (broad SMARTS) is 1. The summed E-state index contributed by atoms with van der Waals surface area (Å²) in [6.45, 7) is 2.38. The molecule has 0 bridgehead atoms. The van der Waals surface area contributed by atoms with Crippen molar-refractivity contribution in [2.24, 2.45) is 0 Å². The molecule has 2 heterocycles. The molecule has 1 aromatic carbocycles. The summed E-state index contributed by atoms with van der Waals surface area (Å²) >= 11 is 3.37. The molecule has 102 valence electrons. The SMILES string of the molecule is O=C(O)c1ccc2c(c1)CN(Cc1ccc(Br)cn1)C2. The van der Waals surface area contributed by atoms with Crippen LogP contribution < -0.4 is 0 Å². The molecule has 20 heavy (non-hydrogen) atoms. The molecule has 0 atom stereocenters. The van der Waals surface area contributed by atoms with Crippen LogP contribution in [-0.2, 0) is 19.6 Å². The summed E-state index contributed by atoms with van der Waals surface area (Å²) < 4.78 is 0.969. The smallest absolute Gasteiger partial charge is 0.335 e. The van der Waals surface area contributed by atoms with Crippen LogP contribution in [0.5, 0.6) is 0 Å². The Morgan fingerprint density at radius 3 is 2.75 bits per heavy atom. The van der Waals surface area contributed by atoms with E-state index in [2.05, 4.69) is 25.8 Å². The van der Waals surface area contributed by atoms with Crippen LogP contribution in [0.4, 0.5) is 0 Å². The average Bonchev–Trinajstić information content (AvgIpc) is 2.82. The Bertz CT molecular complexity index is 655. The molecule has 0 spiro atoms. The molecule has 1 aliphatic rings. The number of aromatic nitrogens is 1. The fraction of sp³-hybridized carbons (Fsp3) is 0.200. The topological polar surface area (TPSA) is 53.4 Å². The Kier molecular flexibility index (Phi) is 3.54. The molecule has 0 fully saturated rings. The third-order valence-electron chi connectivity index (χ3n) is 3.42. The Balaban J connectivity index is 1.73. The zero-order chi connectivity index (χ0) is 14.1. The van der Waals surface area contributed by atoms with Crippen LogP contribution in [0.15, 0.2) is 41.0 Å². The van der Waals surface area contributed by atoms with Gasteiger partial charge in [-0.25, -0.2) is 4.79 Å². The summed E-state index contributed by atoms with van der Waals surface area (Å²) in [6.07, 6.45) is 1.79. The predicted molar refractivity (Wildman–Crippen MR) is 78.3 cm³/mol. The van der Waals surface area contributed by atoms with E-state index in [9.17, 15) is 4.79 Å². The van der Waals surface area contributed by atoms with Crippen molar-refractivity contribution in [3.63, 3.8) is 0 Å². The maximum absolute atomic E-state index is 11.0. The fourth-order valence-corrected chi connectivity index (χ4v) is 2.67. The molecule has 2 aromatic rings. The number of fused-ring (bicyclic) bond motifs is 1. The number of halogens is 1. The van der Waals surface area contributed by atoms with E-state index in [-0.39, 0.29) is 0 Å². The highest BCUT2D eigenvalue weighted by molar-refractivity contribution is 9.10. The van der Waals surface area contributed by atoms with Gasteiger partial charge in [0, 0.05) is 30.3 Å². The largest absolute Gasteiger partial charge is 0.478 e. The summed E-state index contributed by atoms with van der Waals surface area (Å²) in [4.78, 5) is 17.6. The minimum Gasteiger partial charge on any atom is -0.478 e. The first kappa shape index (κ1) is 13.3. The van der Waals surface area contributed by atoms with Crippen molar-refractivity contribution in [1.29, 1.82) is 0 Å². The molecule has 4 nitrogen and oxygen atoms in total. The van der Waals surface area contributed by atoms with Gasteiger partial charge < -0.3 is 5.11 Å². The van der Waals surface area contributed by atoms with Crippen LogP contribution in [0.1, 0.15) is 27.2 Å². The average molecular weight is 333 g/mol. The second kappa shape index (κ2) is 5.34. The molecule has 0 amide bonds. The van der Waals surface area contributed by atoms with Crippen LogP contribution in [0.2, 0.25) is 0 Å². The van der Waals surface area contributed by atoms with E-state index in [1.54, 1.807) is 18.3 Å². The summed E-state index contributed by atoms with van der Waals surface area (Å²) in [7, 11) is 0. The molecule has 3 rings (SSSR count). The molecular weight excluding hydrogens is 320 g/mol. The maximum Gasteiger partial charge on any atom is 0.335 e. The van der Waals surface area contributed by atoms with Gasteiger partial charge in [-0.2, -0.15) is 0 Å². The first-order valence-electron chi connectivity index (χ1n) is 6.30. The van der Waals surface area contributed by atoms with Crippen molar-refractivity contribution in [1.82, 2.24) is 9.88 Å². The monoisotopic (exact) mass is 332 g/mol. The van der Waals surface area contributed by atoms with Gasteiger partial charge in [-0.1, -0.05) is 6.07 Å². The van der Waals surface area contributed by atoms with Crippen LogP contribution in [0.3, 0.4) is 0 Å². The van der Waals surface area contributed by atoms with E-state index in [1.165, 1.54) is 5.56 Å². The van der Waals surface area contributed by atoms with Crippen molar-refractivity contribution in [3.05, 3.63) is 63.4 Å². The number of carbonyl (C=O) groups is 1. The molecule has 0 unspecified atom stereocenters. The number of benzene rings is 1. The van der Waals surface area contributed by atoms with E-state index < -0.39 is 5.97 Å². The highest BCUT2D eigenvalue weighted by atomic mass is 79.9. The van der Waals surface area contributed by atoms with Gasteiger partial charge in [-0.05, 0) is 51.3 Å². The molecule has 0 radical (unpaired) electrons. The Morgan fingerprint density at radius 2 is 2.05 bits per heavy atom. The number of pyridine rings is 1. The first-order valence-corrected chi connectivity index (χ1v) is 7.09. The fourth-order valence-electron chi connectivity index (χ4n) is 2.44. The van der Waals surface area contributed by atoms with Gasteiger partial charge in [0.25, 0.3) is 0 Å². The lowest BCUT2D eigenvalue weighted by molar-refractivity contribution is 0.0696. The van der Waals surface area contributed by atoms with Gasteiger partial charge in [-0.15, -0.1) is 0 Å². The van der Waals surface area contributed by atoms with E-state index in [1.807, 2.05) is 18.2 Å². The second-order valence-electron chi connectivity index (χ2n) is 4.90. The molecule has 1 aliphatic heterocycles. The number of hydrogen-bond donors (Lipinski definition) is 1. The minimum atomic E-state index is -0.874. The van der Waals surface area contributed by atoms with E-state index in [0.717, 1.165) is 35.4 Å². The lowest BCUT2D eigenvalue weighted by atomic mass is 10.1. The summed E-state index contributed by atoms with van der Waals surface area (Å²) in [5, 5.41) is 9.02. The number of nitrogens with zero attached hydrogens (tertiary/aromatic N) is 2. The number of carboxylic acids is 1.